The molecule has 0 spiro atoms. The van der Waals surface area contributed by atoms with Crippen LogP contribution in [0.3, 0.4) is 0 Å². The van der Waals surface area contributed by atoms with Crippen molar-refractivity contribution in [2.75, 3.05) is 20.2 Å². The molecule has 1 heterocycles. The van der Waals surface area contributed by atoms with Crippen LogP contribution in [0.2, 0.25) is 5.02 Å². The number of esters is 1. The molecule has 1 unspecified atom stereocenters. The second kappa shape index (κ2) is 10.4. The van der Waals surface area contributed by atoms with Crippen LogP contribution in [-0.4, -0.2) is 48.9 Å². The third-order valence-corrected chi connectivity index (χ3v) is 6.62. The van der Waals surface area contributed by atoms with E-state index in [1.165, 1.54) is 18.7 Å². The molecular formula is C26H31ClN2O4. The third-order valence-electron chi connectivity index (χ3n) is 6.37. The number of amides is 2. The highest BCUT2D eigenvalue weighted by atomic mass is 35.5. The number of nitrogens with one attached hydrogen (secondary N) is 1. The van der Waals surface area contributed by atoms with E-state index in [1.54, 1.807) is 18.2 Å². The first-order valence-electron chi connectivity index (χ1n) is 11.2. The number of hydrogen-bond donors (Lipinski definition) is 1. The van der Waals surface area contributed by atoms with Crippen molar-refractivity contribution >= 4 is 29.4 Å². The molecule has 176 valence electrons. The van der Waals surface area contributed by atoms with E-state index in [9.17, 15) is 14.4 Å². The molecule has 0 bridgehead atoms. The first-order valence-corrected chi connectivity index (χ1v) is 11.6. The Morgan fingerprint density at radius 1 is 1.15 bits per heavy atom. The van der Waals surface area contributed by atoms with Crippen LogP contribution in [0.15, 0.2) is 48.5 Å². The van der Waals surface area contributed by atoms with Gasteiger partial charge in [-0.25, -0.2) is 4.79 Å². The average molecular weight is 471 g/mol. The van der Waals surface area contributed by atoms with Crippen LogP contribution in [0, 0.1) is 5.41 Å². The van der Waals surface area contributed by atoms with E-state index in [2.05, 4.69) is 31.3 Å². The fraction of sp³-hybridized carbons (Fsp3) is 0.423. The molecule has 2 amide bonds. The van der Waals surface area contributed by atoms with E-state index in [4.69, 9.17) is 16.3 Å². The molecule has 1 aliphatic heterocycles. The summed E-state index contributed by atoms with van der Waals surface area (Å²) in [6.07, 6.45) is 1.31. The van der Waals surface area contributed by atoms with E-state index in [-0.39, 0.29) is 16.9 Å². The van der Waals surface area contributed by atoms with E-state index in [1.807, 2.05) is 24.0 Å². The number of carbonyl (C=O) groups excluding carboxylic acids is 3. The van der Waals surface area contributed by atoms with Crippen molar-refractivity contribution in [3.63, 3.8) is 0 Å². The van der Waals surface area contributed by atoms with Gasteiger partial charge in [0.2, 0.25) is 5.91 Å². The predicted octanol–water partition coefficient (Wildman–Crippen LogP) is 4.68. The highest BCUT2D eigenvalue weighted by Crippen LogP contribution is 2.42. The molecule has 6 nitrogen and oxygen atoms in total. The molecule has 1 fully saturated rings. The van der Waals surface area contributed by atoms with Gasteiger partial charge in [-0.05, 0) is 60.1 Å². The van der Waals surface area contributed by atoms with E-state index in [0.717, 1.165) is 6.42 Å². The van der Waals surface area contributed by atoms with Crippen LogP contribution in [0.25, 0.3) is 0 Å². The minimum absolute atomic E-state index is 0.0856. The summed E-state index contributed by atoms with van der Waals surface area (Å²) < 4.78 is 4.72. The van der Waals surface area contributed by atoms with Crippen molar-refractivity contribution in [1.29, 1.82) is 0 Å². The molecule has 3 rings (SSSR count). The lowest BCUT2D eigenvalue weighted by Crippen LogP contribution is -2.54. The van der Waals surface area contributed by atoms with Gasteiger partial charge in [-0.3, -0.25) is 9.59 Å². The summed E-state index contributed by atoms with van der Waals surface area (Å²) in [5.41, 5.74) is 1.70. The Morgan fingerprint density at radius 2 is 1.82 bits per heavy atom. The summed E-state index contributed by atoms with van der Waals surface area (Å²) in [4.78, 5) is 39.7. The van der Waals surface area contributed by atoms with Gasteiger partial charge >= 0.3 is 5.97 Å². The van der Waals surface area contributed by atoms with E-state index >= 15 is 0 Å². The molecule has 1 aliphatic rings. The number of methoxy groups -OCH3 is 1. The Labute approximate surface area is 200 Å². The molecule has 33 heavy (non-hydrogen) atoms. The average Bonchev–Trinajstić information content (AvgIpc) is 2.81. The van der Waals surface area contributed by atoms with Crippen LogP contribution in [-0.2, 0) is 9.53 Å². The fourth-order valence-electron chi connectivity index (χ4n) is 4.56. The lowest BCUT2D eigenvalue weighted by molar-refractivity contribution is -0.136. The smallest absolute Gasteiger partial charge is 0.337 e. The van der Waals surface area contributed by atoms with Crippen LogP contribution in [0.1, 0.15) is 65.8 Å². The van der Waals surface area contributed by atoms with Gasteiger partial charge < -0.3 is 15.0 Å². The minimum Gasteiger partial charge on any atom is -0.465 e. The number of likely N-dealkylation sites (tertiary alicyclic amines) is 1. The number of hydrogen-bond acceptors (Lipinski definition) is 4. The summed E-state index contributed by atoms with van der Waals surface area (Å²) in [5.74, 6) is -0.679. The van der Waals surface area contributed by atoms with E-state index in [0.29, 0.717) is 36.0 Å². The molecule has 0 saturated carbocycles. The van der Waals surface area contributed by atoms with Crippen LogP contribution >= 0.6 is 11.6 Å². The number of benzene rings is 2. The zero-order valence-electron chi connectivity index (χ0n) is 19.6. The number of nitrogens with zero attached hydrogens (tertiary/aromatic N) is 1. The highest BCUT2D eigenvalue weighted by Gasteiger charge is 2.39. The SMILES string of the molecule is CC[C@@H](NC(=O)c1cccc(C(=O)OC)c1)C(=O)N1CCC(c2ccc(Cl)cc2)C(C)(C)C1. The van der Waals surface area contributed by atoms with Crippen LogP contribution in [0.5, 0.6) is 0 Å². The predicted molar refractivity (Wildman–Crippen MR) is 128 cm³/mol. The Kier molecular flexibility index (Phi) is 7.80. The topological polar surface area (TPSA) is 75.7 Å². The maximum atomic E-state index is 13.3. The molecular weight excluding hydrogens is 440 g/mol. The summed E-state index contributed by atoms with van der Waals surface area (Å²) in [6.45, 7) is 7.44. The van der Waals surface area contributed by atoms with Gasteiger partial charge in [0, 0.05) is 23.7 Å². The highest BCUT2D eigenvalue weighted by molar-refractivity contribution is 6.30. The second-order valence-electron chi connectivity index (χ2n) is 9.15. The van der Waals surface area contributed by atoms with Gasteiger partial charge in [0.05, 0.1) is 12.7 Å². The largest absolute Gasteiger partial charge is 0.465 e. The monoisotopic (exact) mass is 470 g/mol. The minimum atomic E-state index is -0.637. The Balaban J connectivity index is 1.69. The first kappa shape index (κ1) is 24.8. The normalized spacial score (nSPS) is 18.3. The van der Waals surface area contributed by atoms with Crippen molar-refractivity contribution in [1.82, 2.24) is 10.2 Å². The summed E-state index contributed by atoms with van der Waals surface area (Å²) >= 11 is 6.04. The quantitative estimate of drug-likeness (QED) is 0.622. The van der Waals surface area contributed by atoms with Gasteiger partial charge in [0.25, 0.3) is 5.91 Å². The second-order valence-corrected chi connectivity index (χ2v) is 9.58. The number of rotatable bonds is 6. The Morgan fingerprint density at radius 3 is 2.42 bits per heavy atom. The summed E-state index contributed by atoms with van der Waals surface area (Å²) in [6, 6.07) is 13.6. The van der Waals surface area contributed by atoms with Gasteiger partial charge in [0.15, 0.2) is 0 Å². The van der Waals surface area contributed by atoms with Crippen molar-refractivity contribution < 1.29 is 19.1 Å². The fourth-order valence-corrected chi connectivity index (χ4v) is 4.69. The van der Waals surface area contributed by atoms with Crippen molar-refractivity contribution in [2.45, 2.75) is 45.6 Å². The van der Waals surface area contributed by atoms with Crippen molar-refractivity contribution in [3.8, 4) is 0 Å². The number of carbonyl (C=O) groups is 3. The number of piperidine rings is 1. The van der Waals surface area contributed by atoms with Crippen molar-refractivity contribution in [3.05, 3.63) is 70.2 Å². The van der Waals surface area contributed by atoms with Gasteiger partial charge in [0.1, 0.15) is 6.04 Å². The zero-order chi connectivity index (χ0) is 24.2. The van der Waals surface area contributed by atoms with E-state index < -0.39 is 17.9 Å². The molecule has 1 N–H and O–H groups in total. The molecule has 0 aliphatic carbocycles. The molecule has 2 aromatic carbocycles. The van der Waals surface area contributed by atoms with Crippen LogP contribution < -0.4 is 5.32 Å². The van der Waals surface area contributed by atoms with Crippen LogP contribution in [0.4, 0.5) is 0 Å². The molecule has 7 heteroatoms. The summed E-state index contributed by atoms with van der Waals surface area (Å²) in [7, 11) is 1.29. The molecule has 1 saturated heterocycles. The zero-order valence-corrected chi connectivity index (χ0v) is 20.3. The molecule has 2 aromatic rings. The van der Waals surface area contributed by atoms with Gasteiger partial charge in [-0.2, -0.15) is 0 Å². The Hall–Kier alpha value is -2.86. The number of ether oxygens (including phenoxy) is 1. The molecule has 0 aromatic heterocycles. The van der Waals surface area contributed by atoms with Gasteiger partial charge in [-0.1, -0.05) is 50.6 Å². The standard InChI is InChI=1S/C26H31ClN2O4/c1-5-22(28-23(30)18-7-6-8-19(15-18)25(32)33-4)24(31)29-14-13-21(26(2,3)16-29)17-9-11-20(27)12-10-17/h6-12,15,21-22H,5,13-14,16H2,1-4H3,(H,28,30)/t21?,22-/m1/s1. The maximum Gasteiger partial charge on any atom is 0.337 e. The maximum absolute atomic E-state index is 13.3. The van der Waals surface area contributed by atoms with Crippen molar-refractivity contribution in [2.24, 2.45) is 5.41 Å². The summed E-state index contributed by atoms with van der Waals surface area (Å²) in [5, 5.41) is 3.55. The first-order chi connectivity index (χ1) is 15.7. The number of halogens is 1. The Bertz CT molecular complexity index is 1020. The third kappa shape index (κ3) is 5.74. The lowest BCUT2D eigenvalue weighted by atomic mass is 9.70. The molecule has 2 atom stereocenters. The molecule has 0 radical (unpaired) electrons. The van der Waals surface area contributed by atoms with Gasteiger partial charge in [-0.15, -0.1) is 0 Å². The lowest BCUT2D eigenvalue weighted by Gasteiger charge is -2.45.